The van der Waals surface area contributed by atoms with Gasteiger partial charge >= 0.3 is 0 Å². The lowest BCUT2D eigenvalue weighted by Crippen LogP contribution is -2.23. The maximum Gasteiger partial charge on any atom is 0.296 e. The van der Waals surface area contributed by atoms with Gasteiger partial charge in [0.15, 0.2) is 0 Å². The normalized spacial score (nSPS) is 10.7. The third kappa shape index (κ3) is 2.86. The number of benzene rings is 2. The predicted molar refractivity (Wildman–Crippen MR) is 88.4 cm³/mol. The summed E-state index contributed by atoms with van der Waals surface area (Å²) in [5.41, 5.74) is 3.02. The molecule has 1 aromatic heterocycles. The number of amides is 1. The minimum atomic E-state index is -0.701. The van der Waals surface area contributed by atoms with E-state index in [1.165, 1.54) is 0 Å². The van der Waals surface area contributed by atoms with Crippen molar-refractivity contribution in [2.75, 3.05) is 5.32 Å². The molecule has 3 N–H and O–H groups in total. The average Bonchev–Trinajstić information content (AvgIpc) is 2.90. The van der Waals surface area contributed by atoms with Crippen LogP contribution in [0.1, 0.15) is 21.6 Å². The summed E-state index contributed by atoms with van der Waals surface area (Å²) in [5, 5.41) is 12.4. The van der Waals surface area contributed by atoms with E-state index in [2.05, 4.69) is 10.3 Å². The summed E-state index contributed by atoms with van der Waals surface area (Å²) < 4.78 is 0. The van der Waals surface area contributed by atoms with Crippen LogP contribution >= 0.6 is 0 Å². The number of aliphatic hydroxyl groups is 1. The maximum absolute atomic E-state index is 12.5. The lowest BCUT2D eigenvalue weighted by molar-refractivity contribution is -0.112. The molecule has 0 saturated heterocycles. The molecule has 23 heavy (non-hydrogen) atoms. The van der Waals surface area contributed by atoms with Gasteiger partial charge in [-0.3, -0.25) is 9.59 Å². The van der Waals surface area contributed by atoms with Crippen molar-refractivity contribution in [3.8, 4) is 0 Å². The molecule has 0 aliphatic carbocycles. The lowest BCUT2D eigenvalue weighted by atomic mass is 10.1. The Balaban J connectivity index is 1.89. The monoisotopic (exact) mass is 308 g/mol. The van der Waals surface area contributed by atoms with Crippen LogP contribution in [0.15, 0.2) is 48.5 Å². The highest BCUT2D eigenvalue weighted by molar-refractivity contribution is 6.48. The number of anilines is 1. The second kappa shape index (κ2) is 6.06. The fourth-order valence-corrected chi connectivity index (χ4v) is 2.62. The van der Waals surface area contributed by atoms with Crippen LogP contribution in [0.3, 0.4) is 0 Å². The quantitative estimate of drug-likeness (QED) is 0.512. The molecule has 0 aliphatic heterocycles. The first-order valence-electron chi connectivity index (χ1n) is 7.23. The highest BCUT2D eigenvalue weighted by Crippen LogP contribution is 2.23. The first-order chi connectivity index (χ1) is 11.1. The van der Waals surface area contributed by atoms with E-state index >= 15 is 0 Å². The number of H-pyrrole nitrogens is 1. The average molecular weight is 308 g/mol. The smallest absolute Gasteiger partial charge is 0.296 e. The number of aromatic nitrogens is 1. The zero-order valence-electron chi connectivity index (χ0n) is 12.6. The number of hydrogen-bond donors (Lipinski definition) is 3. The summed E-state index contributed by atoms with van der Waals surface area (Å²) in [7, 11) is 0. The Hall–Kier alpha value is -2.92. The molecule has 0 fully saturated rings. The summed E-state index contributed by atoms with van der Waals surface area (Å²) in [6.07, 6.45) is 0. The molecule has 1 heterocycles. The molecular formula is C18H16N2O3. The predicted octanol–water partition coefficient (Wildman–Crippen LogP) is 2.79. The van der Waals surface area contributed by atoms with E-state index in [1.807, 2.05) is 24.3 Å². The van der Waals surface area contributed by atoms with Crippen LogP contribution in [0.2, 0.25) is 0 Å². The number of rotatable bonds is 4. The number of carbonyl (C=O) groups is 2. The number of aliphatic hydroxyl groups excluding tert-OH is 1. The van der Waals surface area contributed by atoms with Gasteiger partial charge in [0, 0.05) is 22.3 Å². The molecule has 0 radical (unpaired) electrons. The first-order valence-corrected chi connectivity index (χ1v) is 7.23. The summed E-state index contributed by atoms with van der Waals surface area (Å²) in [5.74, 6) is -1.29. The Labute approximate surface area is 133 Å². The second-order valence-corrected chi connectivity index (χ2v) is 5.31. The van der Waals surface area contributed by atoms with Gasteiger partial charge < -0.3 is 15.4 Å². The van der Waals surface area contributed by atoms with Gasteiger partial charge in [-0.1, -0.05) is 30.3 Å². The van der Waals surface area contributed by atoms with Crippen LogP contribution in [-0.4, -0.2) is 21.8 Å². The van der Waals surface area contributed by atoms with Crippen molar-refractivity contribution in [1.29, 1.82) is 0 Å². The van der Waals surface area contributed by atoms with Gasteiger partial charge in [-0.25, -0.2) is 0 Å². The van der Waals surface area contributed by atoms with Crippen molar-refractivity contribution in [3.05, 3.63) is 65.4 Å². The van der Waals surface area contributed by atoms with Gasteiger partial charge in [0.1, 0.15) is 0 Å². The maximum atomic E-state index is 12.5. The van der Waals surface area contributed by atoms with E-state index in [0.29, 0.717) is 22.5 Å². The number of fused-ring (bicyclic) bond motifs is 1. The van der Waals surface area contributed by atoms with Crippen molar-refractivity contribution >= 4 is 28.3 Å². The molecular weight excluding hydrogens is 292 g/mol. The van der Waals surface area contributed by atoms with Crippen LogP contribution in [0.5, 0.6) is 0 Å². The van der Waals surface area contributed by atoms with Gasteiger partial charge in [-0.05, 0) is 30.7 Å². The largest absolute Gasteiger partial charge is 0.392 e. The number of para-hydroxylation sites is 1. The van der Waals surface area contributed by atoms with Crippen LogP contribution in [0, 0.1) is 6.92 Å². The molecule has 0 spiro atoms. The van der Waals surface area contributed by atoms with Gasteiger partial charge in [-0.2, -0.15) is 0 Å². The number of hydrogen-bond acceptors (Lipinski definition) is 3. The minimum absolute atomic E-state index is 0.126. The highest BCUT2D eigenvalue weighted by atomic mass is 16.3. The van der Waals surface area contributed by atoms with Crippen LogP contribution in [0.25, 0.3) is 10.9 Å². The molecule has 1 amide bonds. The van der Waals surface area contributed by atoms with E-state index in [0.717, 1.165) is 10.9 Å². The second-order valence-electron chi connectivity index (χ2n) is 5.31. The number of carbonyl (C=O) groups excluding carboxylic acids is 2. The molecule has 0 unspecified atom stereocenters. The topological polar surface area (TPSA) is 82.2 Å². The summed E-state index contributed by atoms with van der Waals surface area (Å²) >= 11 is 0. The van der Waals surface area contributed by atoms with Gasteiger partial charge in [-0.15, -0.1) is 0 Å². The molecule has 3 aromatic rings. The van der Waals surface area contributed by atoms with Gasteiger partial charge in [0.25, 0.3) is 11.7 Å². The first kappa shape index (κ1) is 15.0. The number of aromatic amines is 1. The summed E-state index contributed by atoms with van der Waals surface area (Å²) in [4.78, 5) is 27.9. The molecule has 0 aliphatic rings. The molecule has 116 valence electrons. The fourth-order valence-electron chi connectivity index (χ4n) is 2.62. The van der Waals surface area contributed by atoms with Gasteiger partial charge in [0.05, 0.1) is 12.2 Å². The molecule has 2 aromatic carbocycles. The Morgan fingerprint density at radius 3 is 2.70 bits per heavy atom. The SMILES string of the molecule is Cc1[nH]c2ccccc2c1C(=O)C(=O)Nc1cccc(CO)c1. The minimum Gasteiger partial charge on any atom is -0.392 e. The van der Waals surface area contributed by atoms with Crippen molar-refractivity contribution in [3.63, 3.8) is 0 Å². The number of aryl methyl sites for hydroxylation is 1. The lowest BCUT2D eigenvalue weighted by Gasteiger charge is -2.06. The van der Waals surface area contributed by atoms with E-state index in [4.69, 9.17) is 5.11 Å². The third-order valence-electron chi connectivity index (χ3n) is 3.69. The van der Waals surface area contributed by atoms with Crippen LogP contribution in [-0.2, 0) is 11.4 Å². The summed E-state index contributed by atoms with van der Waals surface area (Å²) in [6, 6.07) is 14.1. The van der Waals surface area contributed by atoms with E-state index in [9.17, 15) is 9.59 Å². The van der Waals surface area contributed by atoms with E-state index in [1.54, 1.807) is 31.2 Å². The Kier molecular flexibility index (Phi) is 3.95. The fraction of sp³-hybridized carbons (Fsp3) is 0.111. The standard InChI is InChI=1S/C18H16N2O3/c1-11-16(14-7-2-3-8-15(14)19-11)17(22)18(23)20-13-6-4-5-12(9-13)10-21/h2-9,19,21H,10H2,1H3,(H,20,23). The van der Waals surface area contributed by atoms with Gasteiger partial charge in [0.2, 0.25) is 0 Å². The highest BCUT2D eigenvalue weighted by Gasteiger charge is 2.22. The van der Waals surface area contributed by atoms with E-state index in [-0.39, 0.29) is 6.61 Å². The molecule has 0 atom stereocenters. The Morgan fingerprint density at radius 2 is 1.91 bits per heavy atom. The Bertz CT molecular complexity index is 896. The number of nitrogens with one attached hydrogen (secondary N) is 2. The molecule has 5 heteroatoms. The van der Waals surface area contributed by atoms with Crippen molar-refractivity contribution < 1.29 is 14.7 Å². The van der Waals surface area contributed by atoms with Crippen molar-refractivity contribution in [1.82, 2.24) is 4.98 Å². The number of ketones is 1. The Morgan fingerprint density at radius 1 is 1.13 bits per heavy atom. The molecule has 0 saturated carbocycles. The van der Waals surface area contributed by atoms with Crippen LogP contribution in [0.4, 0.5) is 5.69 Å². The van der Waals surface area contributed by atoms with Crippen molar-refractivity contribution in [2.45, 2.75) is 13.5 Å². The molecule has 5 nitrogen and oxygen atoms in total. The molecule has 3 rings (SSSR count). The third-order valence-corrected chi connectivity index (χ3v) is 3.69. The number of Topliss-reactive ketones (excluding diaryl/α,β-unsaturated/α-hetero) is 1. The van der Waals surface area contributed by atoms with E-state index < -0.39 is 11.7 Å². The van der Waals surface area contributed by atoms with Crippen LogP contribution < -0.4 is 5.32 Å². The summed E-state index contributed by atoms with van der Waals surface area (Å²) in [6.45, 7) is 1.64. The molecule has 0 bridgehead atoms. The zero-order valence-corrected chi connectivity index (χ0v) is 12.6. The zero-order chi connectivity index (χ0) is 16.4. The van der Waals surface area contributed by atoms with Crippen molar-refractivity contribution in [2.24, 2.45) is 0 Å².